The van der Waals surface area contributed by atoms with E-state index in [1.54, 1.807) is 12.1 Å². The van der Waals surface area contributed by atoms with E-state index in [-0.39, 0.29) is 23.9 Å². The van der Waals surface area contributed by atoms with E-state index in [2.05, 4.69) is 12.2 Å². The highest BCUT2D eigenvalue weighted by Crippen LogP contribution is 2.30. The maximum absolute atomic E-state index is 12.4. The van der Waals surface area contributed by atoms with E-state index in [1.807, 2.05) is 31.7 Å². The molecule has 2 N–H and O–H groups in total. The highest BCUT2D eigenvalue weighted by Gasteiger charge is 2.32. The fourth-order valence-electron chi connectivity index (χ4n) is 3.17. The number of carbonyl (C=O) groups excluding carboxylic acids is 1. The maximum atomic E-state index is 12.4. The summed E-state index contributed by atoms with van der Waals surface area (Å²) in [4.78, 5) is 14.2. The fourth-order valence-corrected chi connectivity index (χ4v) is 3.17. The Morgan fingerprint density at radius 1 is 1.44 bits per heavy atom. The van der Waals surface area contributed by atoms with Gasteiger partial charge in [0.15, 0.2) is 11.5 Å². The van der Waals surface area contributed by atoms with Gasteiger partial charge in [0.25, 0.3) is 0 Å². The summed E-state index contributed by atoms with van der Waals surface area (Å²) in [5, 5.41) is 13.3. The molecule has 0 aliphatic carbocycles. The Labute approximate surface area is 150 Å². The number of rotatable bonds is 5. The van der Waals surface area contributed by atoms with E-state index >= 15 is 0 Å². The number of nitrogens with zero attached hydrogens (tertiary/aromatic N) is 1. The minimum absolute atomic E-state index is 0.107. The van der Waals surface area contributed by atoms with Crippen molar-refractivity contribution in [2.75, 3.05) is 19.0 Å². The molecule has 0 aromatic heterocycles. The van der Waals surface area contributed by atoms with Gasteiger partial charge in [-0.05, 0) is 59.1 Å². The first-order valence-corrected chi connectivity index (χ1v) is 8.83. The lowest BCUT2D eigenvalue weighted by Crippen LogP contribution is -2.41. The van der Waals surface area contributed by atoms with Crippen molar-refractivity contribution in [3.63, 3.8) is 0 Å². The van der Waals surface area contributed by atoms with Crippen LogP contribution in [0.25, 0.3) is 0 Å². The number of likely N-dealkylation sites (tertiary alicyclic amines) is 1. The maximum Gasteiger partial charge on any atom is 0.410 e. The number of phenols is 1. The first kappa shape index (κ1) is 19.2. The number of amides is 1. The van der Waals surface area contributed by atoms with Crippen LogP contribution in [0.1, 0.15) is 47.0 Å². The minimum Gasteiger partial charge on any atom is -0.504 e. The fraction of sp³-hybridized carbons (Fsp3) is 0.632. The van der Waals surface area contributed by atoms with Crippen LogP contribution in [0.5, 0.6) is 11.5 Å². The number of anilines is 1. The average molecular weight is 350 g/mol. The van der Waals surface area contributed by atoms with Crippen LogP contribution in [0, 0.1) is 0 Å². The van der Waals surface area contributed by atoms with E-state index < -0.39 is 5.60 Å². The van der Waals surface area contributed by atoms with Gasteiger partial charge in [0, 0.05) is 30.4 Å². The lowest BCUT2D eigenvalue weighted by molar-refractivity contribution is 0.0218. The molecule has 25 heavy (non-hydrogen) atoms. The largest absolute Gasteiger partial charge is 0.504 e. The van der Waals surface area contributed by atoms with Crippen molar-refractivity contribution < 1.29 is 19.4 Å². The summed E-state index contributed by atoms with van der Waals surface area (Å²) in [6.45, 7) is 8.48. The molecule has 0 bridgehead atoms. The first-order valence-electron chi connectivity index (χ1n) is 8.83. The summed E-state index contributed by atoms with van der Waals surface area (Å²) in [5.74, 6) is 0.557. The van der Waals surface area contributed by atoms with Crippen LogP contribution in [0.15, 0.2) is 18.2 Å². The average Bonchev–Trinajstić information content (AvgIpc) is 2.93. The van der Waals surface area contributed by atoms with Gasteiger partial charge in [-0.25, -0.2) is 4.79 Å². The molecular weight excluding hydrogens is 320 g/mol. The van der Waals surface area contributed by atoms with Gasteiger partial charge in [-0.2, -0.15) is 0 Å². The van der Waals surface area contributed by atoms with Gasteiger partial charge in [-0.15, -0.1) is 0 Å². The zero-order valence-corrected chi connectivity index (χ0v) is 15.8. The van der Waals surface area contributed by atoms with Crippen molar-refractivity contribution in [3.05, 3.63) is 18.2 Å². The van der Waals surface area contributed by atoms with Crippen LogP contribution >= 0.6 is 0 Å². The second-order valence-electron chi connectivity index (χ2n) is 7.64. The van der Waals surface area contributed by atoms with Crippen LogP contribution in [0.4, 0.5) is 10.5 Å². The van der Waals surface area contributed by atoms with Crippen LogP contribution in [0.3, 0.4) is 0 Å². The van der Waals surface area contributed by atoms with Crippen molar-refractivity contribution in [1.29, 1.82) is 0 Å². The number of carbonyl (C=O) groups is 1. The third kappa shape index (κ3) is 5.44. The van der Waals surface area contributed by atoms with Crippen LogP contribution in [-0.4, -0.2) is 47.4 Å². The predicted octanol–water partition coefficient (Wildman–Crippen LogP) is 3.99. The first-order chi connectivity index (χ1) is 11.7. The Hall–Kier alpha value is -2.11. The molecule has 1 aromatic carbocycles. The standard InChI is InChI=1S/C19H30N2O4/c1-13(20-14-8-9-17(24-5)16(22)12-14)11-15-7-6-10-21(15)18(23)25-19(2,3)4/h8-9,12-13,15,20,22H,6-7,10-11H2,1-5H3. The zero-order valence-electron chi connectivity index (χ0n) is 15.8. The molecule has 6 heteroatoms. The summed E-state index contributed by atoms with van der Waals surface area (Å²) in [7, 11) is 1.52. The molecule has 1 fully saturated rings. The monoisotopic (exact) mass is 350 g/mol. The Morgan fingerprint density at radius 2 is 2.16 bits per heavy atom. The van der Waals surface area contributed by atoms with Gasteiger partial charge in [0.05, 0.1) is 7.11 Å². The molecule has 1 aromatic rings. The summed E-state index contributed by atoms with van der Waals surface area (Å²) in [5.41, 5.74) is 0.349. The topological polar surface area (TPSA) is 71.0 Å². The molecule has 2 rings (SSSR count). The predicted molar refractivity (Wildman–Crippen MR) is 98.3 cm³/mol. The molecule has 1 aliphatic heterocycles. The van der Waals surface area contributed by atoms with Crippen LogP contribution < -0.4 is 10.1 Å². The quantitative estimate of drug-likeness (QED) is 0.840. The summed E-state index contributed by atoms with van der Waals surface area (Å²) < 4.78 is 10.6. The molecule has 140 valence electrons. The number of hydrogen-bond donors (Lipinski definition) is 2. The van der Waals surface area contributed by atoms with Crippen molar-refractivity contribution >= 4 is 11.8 Å². The van der Waals surface area contributed by atoms with Gasteiger partial charge in [-0.1, -0.05) is 0 Å². The Morgan fingerprint density at radius 3 is 2.76 bits per heavy atom. The van der Waals surface area contributed by atoms with E-state index in [4.69, 9.17) is 9.47 Å². The SMILES string of the molecule is COc1ccc(NC(C)CC2CCCN2C(=O)OC(C)(C)C)cc1O. The van der Waals surface area contributed by atoms with Crippen LogP contribution in [-0.2, 0) is 4.74 Å². The molecule has 2 atom stereocenters. The van der Waals surface area contributed by atoms with Crippen LogP contribution in [0.2, 0.25) is 0 Å². The van der Waals surface area contributed by atoms with Gasteiger partial charge in [0.2, 0.25) is 0 Å². The number of phenolic OH excluding ortho intramolecular Hbond substituents is 1. The number of benzene rings is 1. The number of hydrogen-bond acceptors (Lipinski definition) is 5. The minimum atomic E-state index is -0.477. The van der Waals surface area contributed by atoms with Crippen molar-refractivity contribution in [3.8, 4) is 11.5 Å². The number of nitrogens with one attached hydrogen (secondary N) is 1. The second-order valence-corrected chi connectivity index (χ2v) is 7.64. The van der Waals surface area contributed by atoms with E-state index in [0.717, 1.165) is 31.5 Å². The lowest BCUT2D eigenvalue weighted by Gasteiger charge is -2.30. The van der Waals surface area contributed by atoms with Gasteiger partial charge >= 0.3 is 6.09 Å². The van der Waals surface area contributed by atoms with Crippen molar-refractivity contribution in [1.82, 2.24) is 4.90 Å². The van der Waals surface area contributed by atoms with Gasteiger partial charge in [0.1, 0.15) is 5.60 Å². The molecule has 1 saturated heterocycles. The Bertz CT molecular complexity index is 598. The van der Waals surface area contributed by atoms with E-state index in [0.29, 0.717) is 5.75 Å². The van der Waals surface area contributed by atoms with Crippen molar-refractivity contribution in [2.24, 2.45) is 0 Å². The third-order valence-corrected chi connectivity index (χ3v) is 4.22. The highest BCUT2D eigenvalue weighted by molar-refractivity contribution is 5.69. The molecule has 1 heterocycles. The molecule has 0 spiro atoms. The molecule has 0 radical (unpaired) electrons. The number of ether oxygens (including phenoxy) is 2. The Balaban J connectivity index is 1.93. The van der Waals surface area contributed by atoms with Crippen molar-refractivity contribution in [2.45, 2.75) is 64.6 Å². The molecule has 6 nitrogen and oxygen atoms in total. The molecule has 1 aliphatic rings. The summed E-state index contributed by atoms with van der Waals surface area (Å²) >= 11 is 0. The van der Waals surface area contributed by atoms with Gasteiger partial charge < -0.3 is 24.8 Å². The summed E-state index contributed by atoms with van der Waals surface area (Å²) in [6, 6.07) is 5.57. The lowest BCUT2D eigenvalue weighted by atomic mass is 10.1. The summed E-state index contributed by atoms with van der Waals surface area (Å²) in [6.07, 6.45) is 2.58. The molecular formula is C19H30N2O4. The Kier molecular flexibility index (Phi) is 6.03. The molecule has 0 saturated carbocycles. The number of aromatic hydroxyl groups is 1. The van der Waals surface area contributed by atoms with E-state index in [1.165, 1.54) is 7.11 Å². The molecule has 1 amide bonds. The molecule has 2 unspecified atom stereocenters. The normalized spacial score (nSPS) is 18.8. The number of methoxy groups -OCH3 is 1. The van der Waals surface area contributed by atoms with Gasteiger partial charge in [-0.3, -0.25) is 0 Å². The second kappa shape index (κ2) is 7.85. The zero-order chi connectivity index (χ0) is 18.6. The van der Waals surface area contributed by atoms with E-state index in [9.17, 15) is 9.90 Å². The smallest absolute Gasteiger partial charge is 0.410 e. The third-order valence-electron chi connectivity index (χ3n) is 4.22. The highest BCUT2D eigenvalue weighted by atomic mass is 16.6.